The Bertz CT molecular complexity index is 906. The Morgan fingerprint density at radius 2 is 1.59 bits per heavy atom. The molecular formula is C22H21NO4. The number of carboxylic acids is 1. The lowest BCUT2D eigenvalue weighted by atomic mass is 10.2. The van der Waals surface area contributed by atoms with Gasteiger partial charge in [-0.1, -0.05) is 24.3 Å². The van der Waals surface area contributed by atoms with E-state index in [1.54, 1.807) is 31.4 Å². The maximum Gasteiger partial charge on any atom is 0.335 e. The number of carbonyl (C=O) groups is 1. The molecular weight excluding hydrogens is 342 g/mol. The van der Waals surface area contributed by atoms with E-state index in [9.17, 15) is 4.79 Å². The van der Waals surface area contributed by atoms with Crippen molar-refractivity contribution in [1.29, 1.82) is 0 Å². The Balaban J connectivity index is 1.57. The van der Waals surface area contributed by atoms with Gasteiger partial charge in [0, 0.05) is 12.2 Å². The van der Waals surface area contributed by atoms with Crippen LogP contribution in [0, 0.1) is 0 Å². The van der Waals surface area contributed by atoms with Crippen LogP contribution in [-0.4, -0.2) is 18.2 Å². The Morgan fingerprint density at radius 3 is 2.30 bits per heavy atom. The van der Waals surface area contributed by atoms with Gasteiger partial charge < -0.3 is 19.9 Å². The summed E-state index contributed by atoms with van der Waals surface area (Å²) < 4.78 is 11.1. The fourth-order valence-electron chi connectivity index (χ4n) is 2.61. The normalized spacial score (nSPS) is 10.3. The molecule has 0 aliphatic rings. The van der Waals surface area contributed by atoms with Crippen molar-refractivity contribution in [1.82, 2.24) is 0 Å². The highest BCUT2D eigenvalue weighted by molar-refractivity contribution is 5.87. The molecule has 2 N–H and O–H groups in total. The molecule has 0 radical (unpaired) electrons. The molecule has 0 spiro atoms. The van der Waals surface area contributed by atoms with Gasteiger partial charge in [0.1, 0.15) is 18.1 Å². The van der Waals surface area contributed by atoms with E-state index in [-0.39, 0.29) is 5.56 Å². The van der Waals surface area contributed by atoms with Gasteiger partial charge in [-0.2, -0.15) is 0 Å². The van der Waals surface area contributed by atoms with Gasteiger partial charge in [-0.3, -0.25) is 0 Å². The minimum absolute atomic E-state index is 0.272. The van der Waals surface area contributed by atoms with Crippen molar-refractivity contribution in [2.24, 2.45) is 0 Å². The first kappa shape index (κ1) is 18.3. The monoisotopic (exact) mass is 363 g/mol. The number of benzene rings is 3. The lowest BCUT2D eigenvalue weighted by molar-refractivity contribution is 0.0697. The predicted octanol–water partition coefficient (Wildman–Crippen LogP) is 4.58. The molecule has 3 aromatic carbocycles. The van der Waals surface area contributed by atoms with E-state index < -0.39 is 5.97 Å². The Morgan fingerprint density at radius 1 is 0.926 bits per heavy atom. The van der Waals surface area contributed by atoms with Crippen LogP contribution in [0.1, 0.15) is 21.5 Å². The highest BCUT2D eigenvalue weighted by Crippen LogP contribution is 2.19. The molecule has 5 nitrogen and oxygen atoms in total. The molecule has 27 heavy (non-hydrogen) atoms. The molecule has 0 bridgehead atoms. The minimum atomic E-state index is -0.928. The Kier molecular flexibility index (Phi) is 5.94. The number of carboxylic acid groups (broad SMARTS) is 1. The summed E-state index contributed by atoms with van der Waals surface area (Å²) in [6.45, 7) is 1.08. The van der Waals surface area contributed by atoms with Gasteiger partial charge in [0.2, 0.25) is 0 Å². The smallest absolute Gasteiger partial charge is 0.335 e. The fraction of sp³-hybridized carbons (Fsp3) is 0.136. The average Bonchev–Trinajstić information content (AvgIpc) is 2.71. The SMILES string of the molecule is COc1cccc(COc2cccc(CNc3ccc(C(=O)O)cc3)c2)c1. The van der Waals surface area contributed by atoms with Crippen LogP contribution in [0.25, 0.3) is 0 Å². The standard InChI is InChI=1S/C22H21NO4/c1-26-20-6-3-5-17(13-20)15-27-21-7-2-4-16(12-21)14-23-19-10-8-18(9-11-19)22(24)25/h2-13,23H,14-15H2,1H3,(H,24,25). The third kappa shape index (κ3) is 5.25. The van der Waals surface area contributed by atoms with Crippen LogP contribution < -0.4 is 14.8 Å². The molecule has 0 saturated heterocycles. The second kappa shape index (κ2) is 8.76. The molecule has 0 amide bonds. The third-order valence-electron chi connectivity index (χ3n) is 4.07. The first-order valence-electron chi connectivity index (χ1n) is 8.56. The molecule has 0 aliphatic carbocycles. The quantitative estimate of drug-likeness (QED) is 0.613. The van der Waals surface area contributed by atoms with E-state index in [2.05, 4.69) is 5.32 Å². The lowest BCUT2D eigenvalue weighted by Crippen LogP contribution is -2.02. The molecule has 138 valence electrons. The van der Waals surface area contributed by atoms with Crippen LogP contribution in [0.2, 0.25) is 0 Å². The largest absolute Gasteiger partial charge is 0.497 e. The highest BCUT2D eigenvalue weighted by atomic mass is 16.5. The van der Waals surface area contributed by atoms with Crippen molar-refractivity contribution < 1.29 is 19.4 Å². The summed E-state index contributed by atoms with van der Waals surface area (Å²) in [7, 11) is 1.64. The number of aromatic carboxylic acids is 1. The van der Waals surface area contributed by atoms with Crippen molar-refractivity contribution in [3.63, 3.8) is 0 Å². The van der Waals surface area contributed by atoms with Crippen LogP contribution in [0.15, 0.2) is 72.8 Å². The number of nitrogens with one attached hydrogen (secondary N) is 1. The second-order valence-electron chi connectivity index (χ2n) is 6.02. The molecule has 0 aliphatic heterocycles. The average molecular weight is 363 g/mol. The summed E-state index contributed by atoms with van der Waals surface area (Å²) in [6, 6.07) is 22.3. The first-order valence-corrected chi connectivity index (χ1v) is 8.56. The summed E-state index contributed by atoms with van der Waals surface area (Å²) >= 11 is 0. The van der Waals surface area contributed by atoms with Crippen molar-refractivity contribution in [3.8, 4) is 11.5 Å². The van der Waals surface area contributed by atoms with E-state index in [1.165, 1.54) is 0 Å². The number of rotatable bonds is 8. The van der Waals surface area contributed by atoms with Gasteiger partial charge in [0.15, 0.2) is 0 Å². The number of anilines is 1. The minimum Gasteiger partial charge on any atom is -0.497 e. The Labute approximate surface area is 158 Å². The molecule has 0 fully saturated rings. The van der Waals surface area contributed by atoms with Crippen molar-refractivity contribution in [3.05, 3.63) is 89.5 Å². The highest BCUT2D eigenvalue weighted by Gasteiger charge is 2.03. The maximum atomic E-state index is 10.9. The first-order chi connectivity index (χ1) is 13.1. The van der Waals surface area contributed by atoms with Crippen molar-refractivity contribution in [2.45, 2.75) is 13.2 Å². The maximum absolute atomic E-state index is 10.9. The lowest BCUT2D eigenvalue weighted by Gasteiger charge is -2.10. The fourth-order valence-corrected chi connectivity index (χ4v) is 2.61. The van der Waals surface area contributed by atoms with Gasteiger partial charge in [0.05, 0.1) is 12.7 Å². The predicted molar refractivity (Wildman–Crippen MR) is 104 cm³/mol. The van der Waals surface area contributed by atoms with Crippen LogP contribution in [-0.2, 0) is 13.2 Å². The van der Waals surface area contributed by atoms with E-state index >= 15 is 0 Å². The number of methoxy groups -OCH3 is 1. The van der Waals surface area contributed by atoms with Crippen LogP contribution in [0.4, 0.5) is 5.69 Å². The van der Waals surface area contributed by atoms with E-state index in [0.29, 0.717) is 13.2 Å². The molecule has 0 saturated carbocycles. The number of ether oxygens (including phenoxy) is 2. The number of hydrogen-bond acceptors (Lipinski definition) is 4. The molecule has 0 aromatic heterocycles. The Hall–Kier alpha value is -3.47. The van der Waals surface area contributed by atoms with Crippen molar-refractivity contribution in [2.75, 3.05) is 12.4 Å². The molecule has 3 rings (SSSR count). The zero-order valence-electron chi connectivity index (χ0n) is 15.0. The van der Waals surface area contributed by atoms with Crippen LogP contribution in [0.3, 0.4) is 0 Å². The summed E-state index contributed by atoms with van der Waals surface area (Å²) in [5.74, 6) is 0.670. The van der Waals surface area contributed by atoms with E-state index in [1.807, 2.05) is 48.5 Å². The topological polar surface area (TPSA) is 67.8 Å². The van der Waals surface area contributed by atoms with E-state index in [4.69, 9.17) is 14.6 Å². The second-order valence-corrected chi connectivity index (χ2v) is 6.02. The van der Waals surface area contributed by atoms with Gasteiger partial charge in [-0.05, 0) is 59.7 Å². The molecule has 0 atom stereocenters. The summed E-state index contributed by atoms with van der Waals surface area (Å²) in [6.07, 6.45) is 0. The summed E-state index contributed by atoms with van der Waals surface area (Å²) in [5, 5.41) is 12.2. The van der Waals surface area contributed by atoms with Gasteiger partial charge in [-0.15, -0.1) is 0 Å². The third-order valence-corrected chi connectivity index (χ3v) is 4.07. The molecule has 0 unspecified atom stereocenters. The summed E-state index contributed by atoms with van der Waals surface area (Å²) in [4.78, 5) is 10.9. The zero-order chi connectivity index (χ0) is 19.1. The van der Waals surface area contributed by atoms with Crippen LogP contribution >= 0.6 is 0 Å². The zero-order valence-corrected chi connectivity index (χ0v) is 15.0. The summed E-state index contributed by atoms with van der Waals surface area (Å²) in [5.41, 5.74) is 3.24. The number of hydrogen-bond donors (Lipinski definition) is 2. The van der Waals surface area contributed by atoms with Gasteiger partial charge in [0.25, 0.3) is 0 Å². The molecule has 0 heterocycles. The van der Waals surface area contributed by atoms with Gasteiger partial charge >= 0.3 is 5.97 Å². The van der Waals surface area contributed by atoms with E-state index in [0.717, 1.165) is 28.3 Å². The van der Waals surface area contributed by atoms with Crippen LogP contribution in [0.5, 0.6) is 11.5 Å². The molecule has 5 heteroatoms. The van der Waals surface area contributed by atoms with Crippen molar-refractivity contribution >= 4 is 11.7 Å². The van der Waals surface area contributed by atoms with Gasteiger partial charge in [-0.25, -0.2) is 4.79 Å². The molecule has 3 aromatic rings.